The summed E-state index contributed by atoms with van der Waals surface area (Å²) in [7, 11) is 1.83. The zero-order chi connectivity index (χ0) is 23.9. The molecule has 0 radical (unpaired) electrons. The van der Waals surface area contributed by atoms with E-state index < -0.39 is 0 Å². The van der Waals surface area contributed by atoms with Crippen molar-refractivity contribution in [2.45, 2.75) is 72.8 Å². The van der Waals surface area contributed by atoms with Crippen molar-refractivity contribution in [3.8, 4) is 0 Å². The summed E-state index contributed by atoms with van der Waals surface area (Å²) in [4.78, 5) is 28.6. The van der Waals surface area contributed by atoms with Gasteiger partial charge in [-0.1, -0.05) is 46.2 Å². The number of carbonyl (C=O) groups excluding carboxylic acids is 2. The number of anilines is 1. The number of rotatable bonds is 9. The first kappa shape index (κ1) is 28.1. The monoisotopic (exact) mass is 447 g/mol. The normalized spacial score (nSPS) is 19.2. The molecule has 3 rings (SSSR count). The highest BCUT2D eigenvalue weighted by atomic mass is 16.3. The van der Waals surface area contributed by atoms with Crippen LogP contribution in [0.4, 0.5) is 5.69 Å². The molecule has 1 saturated heterocycles. The SMILES string of the molecule is CC.CC.CN(CCCC(=O)Nc1ccc(CO)cc1)C(=O)CCN1CC2CCCC2C1. The average molecular weight is 448 g/mol. The molecule has 0 bridgehead atoms. The van der Waals surface area contributed by atoms with Crippen LogP contribution < -0.4 is 5.32 Å². The van der Waals surface area contributed by atoms with Crippen molar-refractivity contribution in [3.63, 3.8) is 0 Å². The number of aliphatic hydroxyl groups is 1. The van der Waals surface area contributed by atoms with Gasteiger partial charge in [0.2, 0.25) is 11.8 Å². The largest absolute Gasteiger partial charge is 0.392 e. The van der Waals surface area contributed by atoms with Gasteiger partial charge in [0, 0.05) is 51.8 Å². The minimum atomic E-state index is -0.0544. The molecule has 6 nitrogen and oxygen atoms in total. The standard InChI is InChI=1S/C22H33N3O3.2C2H6/c1-24(22(28)11-13-25-14-18-4-2-5-19(18)15-25)12-3-6-21(27)23-20-9-7-17(16-26)8-10-20;2*1-2/h7-10,18-19,26H,2-6,11-16H2,1H3,(H,23,27);2*1-2H3. The van der Waals surface area contributed by atoms with E-state index in [0.29, 0.717) is 25.8 Å². The molecule has 32 heavy (non-hydrogen) atoms. The Labute approximate surface area is 195 Å². The zero-order valence-corrected chi connectivity index (χ0v) is 20.9. The van der Waals surface area contributed by atoms with Crippen molar-refractivity contribution in [1.82, 2.24) is 9.80 Å². The summed E-state index contributed by atoms with van der Waals surface area (Å²) in [6.07, 6.45) is 5.71. The second-order valence-corrected chi connectivity index (χ2v) is 8.28. The van der Waals surface area contributed by atoms with Gasteiger partial charge in [0.25, 0.3) is 0 Å². The number of amides is 2. The predicted octanol–water partition coefficient (Wildman–Crippen LogP) is 4.53. The Kier molecular flexibility index (Phi) is 13.9. The van der Waals surface area contributed by atoms with Gasteiger partial charge in [-0.15, -0.1) is 0 Å². The number of aliphatic hydroxyl groups excluding tert-OH is 1. The molecular formula is C26H45N3O3. The molecule has 6 heteroatoms. The summed E-state index contributed by atoms with van der Waals surface area (Å²) < 4.78 is 0. The summed E-state index contributed by atoms with van der Waals surface area (Å²) in [5.74, 6) is 1.84. The third-order valence-corrected chi connectivity index (χ3v) is 6.19. The third-order valence-electron chi connectivity index (χ3n) is 6.19. The molecule has 1 saturated carbocycles. The molecule has 0 spiro atoms. The van der Waals surface area contributed by atoms with E-state index in [2.05, 4.69) is 10.2 Å². The van der Waals surface area contributed by atoms with Crippen molar-refractivity contribution in [2.75, 3.05) is 38.5 Å². The fourth-order valence-electron chi connectivity index (χ4n) is 4.48. The smallest absolute Gasteiger partial charge is 0.224 e. The topological polar surface area (TPSA) is 72.9 Å². The van der Waals surface area contributed by atoms with Gasteiger partial charge in [-0.05, 0) is 48.8 Å². The van der Waals surface area contributed by atoms with Crippen LogP contribution in [0.5, 0.6) is 0 Å². The number of likely N-dealkylation sites (tertiary alicyclic amines) is 1. The maximum Gasteiger partial charge on any atom is 0.224 e. The number of carbonyl (C=O) groups is 2. The van der Waals surface area contributed by atoms with Crippen molar-refractivity contribution < 1.29 is 14.7 Å². The van der Waals surface area contributed by atoms with E-state index in [0.717, 1.165) is 29.6 Å². The highest BCUT2D eigenvalue weighted by molar-refractivity contribution is 5.90. The van der Waals surface area contributed by atoms with E-state index in [9.17, 15) is 9.59 Å². The lowest BCUT2D eigenvalue weighted by atomic mass is 10.0. The Hall–Kier alpha value is -1.92. The fraction of sp³-hybridized carbons (Fsp3) is 0.692. The average Bonchev–Trinajstić information content (AvgIpc) is 3.42. The predicted molar refractivity (Wildman–Crippen MR) is 132 cm³/mol. The fourth-order valence-corrected chi connectivity index (χ4v) is 4.48. The van der Waals surface area contributed by atoms with E-state index in [-0.39, 0.29) is 18.4 Å². The number of hydrogen-bond acceptors (Lipinski definition) is 4. The number of fused-ring (bicyclic) bond motifs is 1. The first-order valence-corrected chi connectivity index (χ1v) is 12.5. The molecular weight excluding hydrogens is 402 g/mol. The van der Waals surface area contributed by atoms with Crippen molar-refractivity contribution in [3.05, 3.63) is 29.8 Å². The quantitative estimate of drug-likeness (QED) is 0.583. The van der Waals surface area contributed by atoms with Gasteiger partial charge in [-0.2, -0.15) is 0 Å². The van der Waals surface area contributed by atoms with Gasteiger partial charge in [0.05, 0.1) is 6.61 Å². The molecule has 1 aromatic carbocycles. The maximum absolute atomic E-state index is 12.4. The number of benzene rings is 1. The van der Waals surface area contributed by atoms with Crippen molar-refractivity contribution in [1.29, 1.82) is 0 Å². The van der Waals surface area contributed by atoms with Crippen LogP contribution in [-0.4, -0.2) is 59.9 Å². The zero-order valence-electron chi connectivity index (χ0n) is 20.9. The van der Waals surface area contributed by atoms with Gasteiger partial charge in [-0.3, -0.25) is 9.59 Å². The van der Waals surface area contributed by atoms with Crippen LogP contribution >= 0.6 is 0 Å². The van der Waals surface area contributed by atoms with E-state index >= 15 is 0 Å². The summed E-state index contributed by atoms with van der Waals surface area (Å²) in [6, 6.07) is 7.14. The second-order valence-electron chi connectivity index (χ2n) is 8.28. The van der Waals surface area contributed by atoms with Crippen molar-refractivity contribution in [2.24, 2.45) is 11.8 Å². The molecule has 1 aromatic rings. The minimum absolute atomic E-state index is 0.00644. The molecule has 2 atom stereocenters. The van der Waals surface area contributed by atoms with Crippen LogP contribution in [0.25, 0.3) is 0 Å². The second kappa shape index (κ2) is 15.8. The molecule has 1 heterocycles. The molecule has 2 amide bonds. The van der Waals surface area contributed by atoms with Gasteiger partial charge in [0.1, 0.15) is 0 Å². The lowest BCUT2D eigenvalue weighted by Gasteiger charge is -2.20. The third kappa shape index (κ3) is 9.29. The number of nitrogens with one attached hydrogen (secondary N) is 1. The lowest BCUT2D eigenvalue weighted by molar-refractivity contribution is -0.130. The van der Waals surface area contributed by atoms with Gasteiger partial charge in [0.15, 0.2) is 0 Å². The van der Waals surface area contributed by atoms with E-state index in [1.807, 2.05) is 34.7 Å². The Morgan fingerprint density at radius 1 is 1.03 bits per heavy atom. The van der Waals surface area contributed by atoms with Crippen LogP contribution in [-0.2, 0) is 16.2 Å². The van der Waals surface area contributed by atoms with Gasteiger partial charge >= 0.3 is 0 Å². The first-order valence-electron chi connectivity index (χ1n) is 12.5. The van der Waals surface area contributed by atoms with E-state index in [1.165, 1.54) is 32.4 Å². The Balaban J connectivity index is 0.00000121. The molecule has 2 aliphatic rings. The molecule has 2 unspecified atom stereocenters. The van der Waals surface area contributed by atoms with Crippen LogP contribution in [0, 0.1) is 11.8 Å². The minimum Gasteiger partial charge on any atom is -0.392 e. The molecule has 2 fully saturated rings. The molecule has 2 N–H and O–H groups in total. The van der Waals surface area contributed by atoms with Crippen LogP contribution in [0.3, 0.4) is 0 Å². The van der Waals surface area contributed by atoms with Crippen molar-refractivity contribution >= 4 is 17.5 Å². The maximum atomic E-state index is 12.4. The molecule has 1 aliphatic carbocycles. The summed E-state index contributed by atoms with van der Waals surface area (Å²) in [5, 5.41) is 11.9. The number of hydrogen-bond donors (Lipinski definition) is 2. The highest BCUT2D eigenvalue weighted by Crippen LogP contribution is 2.37. The Bertz CT molecular complexity index is 651. The van der Waals surface area contributed by atoms with E-state index in [4.69, 9.17) is 5.11 Å². The lowest BCUT2D eigenvalue weighted by Crippen LogP contribution is -2.32. The molecule has 1 aliphatic heterocycles. The highest BCUT2D eigenvalue weighted by Gasteiger charge is 2.35. The Morgan fingerprint density at radius 3 is 2.19 bits per heavy atom. The summed E-state index contributed by atoms with van der Waals surface area (Å²) in [5.41, 5.74) is 1.54. The summed E-state index contributed by atoms with van der Waals surface area (Å²) >= 11 is 0. The summed E-state index contributed by atoms with van der Waals surface area (Å²) in [6.45, 7) is 11.8. The van der Waals surface area contributed by atoms with Crippen LogP contribution in [0.1, 0.15) is 71.8 Å². The molecule has 182 valence electrons. The Morgan fingerprint density at radius 2 is 1.62 bits per heavy atom. The van der Waals surface area contributed by atoms with E-state index in [1.54, 1.807) is 29.2 Å². The van der Waals surface area contributed by atoms with Crippen LogP contribution in [0.2, 0.25) is 0 Å². The molecule has 0 aromatic heterocycles. The van der Waals surface area contributed by atoms with Gasteiger partial charge < -0.3 is 20.2 Å². The van der Waals surface area contributed by atoms with Gasteiger partial charge in [-0.25, -0.2) is 0 Å². The first-order chi connectivity index (χ1) is 15.5. The number of nitrogens with zero attached hydrogens (tertiary/aromatic N) is 2. The van der Waals surface area contributed by atoms with Crippen LogP contribution in [0.15, 0.2) is 24.3 Å².